The minimum Gasteiger partial charge on any atom is -0.355 e. The Hall–Kier alpha value is -1.52. The number of H-pyrrole nitrogens is 1. The van der Waals surface area contributed by atoms with Crippen molar-refractivity contribution in [2.24, 2.45) is 7.05 Å². The largest absolute Gasteiger partial charge is 0.355 e. The van der Waals surface area contributed by atoms with E-state index in [0.717, 1.165) is 24.0 Å². The Morgan fingerprint density at radius 1 is 1.38 bits per heavy atom. The lowest BCUT2D eigenvalue weighted by Gasteiger charge is -2.34. The van der Waals surface area contributed by atoms with Gasteiger partial charge >= 0.3 is 5.69 Å². The van der Waals surface area contributed by atoms with E-state index in [1.165, 1.54) is 19.5 Å². The van der Waals surface area contributed by atoms with Gasteiger partial charge in [-0.15, -0.1) is 0 Å². The number of nitrogens with one attached hydrogen (secondary N) is 1. The van der Waals surface area contributed by atoms with E-state index in [-0.39, 0.29) is 11.2 Å². The maximum Gasteiger partial charge on any atom is 0.329 e. The molecule has 0 aliphatic carbocycles. The normalized spacial score (nSPS) is 21.1. The number of piperidine rings is 1. The van der Waals surface area contributed by atoms with Crippen LogP contribution < -0.4 is 16.1 Å². The molecule has 0 radical (unpaired) electrons. The highest BCUT2D eigenvalue weighted by molar-refractivity contribution is 5.38. The molecule has 2 heterocycles. The van der Waals surface area contributed by atoms with E-state index in [1.54, 1.807) is 0 Å². The lowest BCUT2D eigenvalue weighted by Crippen LogP contribution is -2.41. The van der Waals surface area contributed by atoms with Crippen molar-refractivity contribution in [3.05, 3.63) is 26.9 Å². The van der Waals surface area contributed by atoms with Gasteiger partial charge in [0.25, 0.3) is 5.56 Å². The van der Waals surface area contributed by atoms with Crippen molar-refractivity contribution in [1.82, 2.24) is 9.55 Å². The molecule has 2 rings (SSSR count). The summed E-state index contributed by atoms with van der Waals surface area (Å²) >= 11 is 0. The minimum atomic E-state index is -0.347. The number of hydrogen-bond donors (Lipinski definition) is 1. The minimum absolute atomic E-state index is 0.253. The molecule has 1 atom stereocenters. The lowest BCUT2D eigenvalue weighted by molar-refractivity contribution is 0.479. The van der Waals surface area contributed by atoms with Gasteiger partial charge < -0.3 is 4.90 Å². The summed E-state index contributed by atoms with van der Waals surface area (Å²) in [4.78, 5) is 27.9. The summed E-state index contributed by atoms with van der Waals surface area (Å²) in [6.45, 7) is 3.03. The number of anilines is 1. The molecule has 0 bridgehead atoms. The summed E-state index contributed by atoms with van der Waals surface area (Å²) in [6.07, 6.45) is 3.44. The molecule has 0 saturated carbocycles. The fraction of sp³-hybridized carbons (Fsp3) is 0.636. The van der Waals surface area contributed by atoms with Crippen molar-refractivity contribution in [3.63, 3.8) is 0 Å². The van der Waals surface area contributed by atoms with Gasteiger partial charge in [-0.25, -0.2) is 4.79 Å². The van der Waals surface area contributed by atoms with E-state index in [9.17, 15) is 9.59 Å². The Morgan fingerprint density at radius 2 is 2.12 bits per heavy atom. The molecule has 1 fully saturated rings. The second kappa shape index (κ2) is 4.15. The van der Waals surface area contributed by atoms with Crippen LogP contribution in [0, 0.1) is 0 Å². The first-order valence-electron chi connectivity index (χ1n) is 5.66. The Morgan fingerprint density at radius 3 is 2.75 bits per heavy atom. The summed E-state index contributed by atoms with van der Waals surface area (Å²) in [5.41, 5.74) is -0.600. The molecule has 1 N–H and O–H groups in total. The molecule has 1 saturated heterocycles. The predicted octanol–water partition coefficient (Wildman–Crippen LogP) is 0.452. The Bertz CT molecular complexity index is 457. The third-order valence-electron chi connectivity index (χ3n) is 3.24. The smallest absolute Gasteiger partial charge is 0.329 e. The molecule has 1 aliphatic heterocycles. The van der Waals surface area contributed by atoms with Crippen LogP contribution in [0.15, 0.2) is 15.7 Å². The van der Waals surface area contributed by atoms with Gasteiger partial charge in [0.15, 0.2) is 0 Å². The van der Waals surface area contributed by atoms with E-state index in [0.29, 0.717) is 11.9 Å². The van der Waals surface area contributed by atoms with E-state index < -0.39 is 0 Å². The van der Waals surface area contributed by atoms with E-state index in [4.69, 9.17) is 0 Å². The number of aromatic amines is 1. The van der Waals surface area contributed by atoms with Crippen LogP contribution in [-0.2, 0) is 7.05 Å². The molecular weight excluding hydrogens is 206 g/mol. The quantitative estimate of drug-likeness (QED) is 0.752. The van der Waals surface area contributed by atoms with Crippen molar-refractivity contribution >= 4 is 5.82 Å². The molecule has 1 aliphatic rings. The van der Waals surface area contributed by atoms with Crippen LogP contribution in [0.3, 0.4) is 0 Å². The van der Waals surface area contributed by atoms with Crippen LogP contribution in [0.2, 0.25) is 0 Å². The summed E-state index contributed by atoms with van der Waals surface area (Å²) in [7, 11) is 1.48. The van der Waals surface area contributed by atoms with Gasteiger partial charge in [0, 0.05) is 25.7 Å². The van der Waals surface area contributed by atoms with Gasteiger partial charge in [-0.2, -0.15) is 0 Å². The van der Waals surface area contributed by atoms with Crippen LogP contribution in [0.4, 0.5) is 5.82 Å². The molecule has 1 aromatic rings. The standard InChI is InChI=1S/C11H17N3O2/c1-8-5-3-4-6-14(8)9-7-10(15)13(2)11(16)12-9/h7-8H,3-6H2,1-2H3,(H,12,16)/t8-/m0/s1. The average molecular weight is 223 g/mol. The van der Waals surface area contributed by atoms with Gasteiger partial charge in [0.2, 0.25) is 0 Å². The van der Waals surface area contributed by atoms with Crippen molar-refractivity contribution < 1.29 is 0 Å². The average Bonchev–Trinajstić information content (AvgIpc) is 2.26. The van der Waals surface area contributed by atoms with Gasteiger partial charge in [-0.05, 0) is 26.2 Å². The van der Waals surface area contributed by atoms with E-state index >= 15 is 0 Å². The van der Waals surface area contributed by atoms with Crippen LogP contribution >= 0.6 is 0 Å². The van der Waals surface area contributed by atoms with Gasteiger partial charge in [0.1, 0.15) is 5.82 Å². The monoisotopic (exact) mass is 223 g/mol. The number of nitrogens with zero attached hydrogens (tertiary/aromatic N) is 2. The third kappa shape index (κ3) is 1.89. The summed E-state index contributed by atoms with van der Waals surface area (Å²) < 4.78 is 1.08. The van der Waals surface area contributed by atoms with Crippen LogP contribution in [0.25, 0.3) is 0 Å². The lowest BCUT2D eigenvalue weighted by atomic mass is 10.0. The first-order valence-corrected chi connectivity index (χ1v) is 5.66. The van der Waals surface area contributed by atoms with E-state index in [2.05, 4.69) is 16.8 Å². The second-order valence-electron chi connectivity index (χ2n) is 4.40. The molecule has 0 spiro atoms. The molecule has 0 amide bonds. The van der Waals surface area contributed by atoms with Crippen LogP contribution in [-0.4, -0.2) is 22.1 Å². The Labute approximate surface area is 93.7 Å². The zero-order valence-electron chi connectivity index (χ0n) is 9.69. The zero-order chi connectivity index (χ0) is 11.7. The molecule has 0 unspecified atom stereocenters. The molecule has 5 heteroatoms. The fourth-order valence-electron chi connectivity index (χ4n) is 2.15. The van der Waals surface area contributed by atoms with Crippen LogP contribution in [0.1, 0.15) is 26.2 Å². The third-order valence-corrected chi connectivity index (χ3v) is 3.24. The first-order chi connectivity index (χ1) is 7.59. The molecule has 1 aromatic heterocycles. The van der Waals surface area contributed by atoms with Crippen molar-refractivity contribution in [2.45, 2.75) is 32.2 Å². The van der Waals surface area contributed by atoms with Crippen molar-refractivity contribution in [1.29, 1.82) is 0 Å². The summed E-state index contributed by atoms with van der Waals surface area (Å²) in [5, 5.41) is 0. The van der Waals surface area contributed by atoms with Crippen molar-refractivity contribution in [3.8, 4) is 0 Å². The van der Waals surface area contributed by atoms with Crippen molar-refractivity contribution in [2.75, 3.05) is 11.4 Å². The van der Waals surface area contributed by atoms with Gasteiger partial charge in [-0.1, -0.05) is 0 Å². The zero-order valence-corrected chi connectivity index (χ0v) is 9.69. The Balaban J connectivity index is 2.40. The maximum atomic E-state index is 11.5. The van der Waals surface area contributed by atoms with Crippen LogP contribution in [0.5, 0.6) is 0 Å². The fourth-order valence-corrected chi connectivity index (χ4v) is 2.15. The van der Waals surface area contributed by atoms with Gasteiger partial charge in [-0.3, -0.25) is 14.3 Å². The highest BCUT2D eigenvalue weighted by Gasteiger charge is 2.19. The predicted molar refractivity (Wildman–Crippen MR) is 63.0 cm³/mol. The number of rotatable bonds is 1. The molecule has 16 heavy (non-hydrogen) atoms. The second-order valence-corrected chi connectivity index (χ2v) is 4.40. The maximum absolute atomic E-state index is 11.5. The SMILES string of the molecule is C[C@H]1CCCCN1c1cc(=O)n(C)c(=O)[nH]1. The topological polar surface area (TPSA) is 58.1 Å². The molecule has 0 aromatic carbocycles. The highest BCUT2D eigenvalue weighted by atomic mass is 16.2. The summed E-state index contributed by atoms with van der Waals surface area (Å²) in [5.74, 6) is 0.653. The number of aromatic nitrogens is 2. The summed E-state index contributed by atoms with van der Waals surface area (Å²) in [6, 6.07) is 1.89. The first kappa shape index (κ1) is 11.0. The highest BCUT2D eigenvalue weighted by Crippen LogP contribution is 2.20. The number of hydrogen-bond acceptors (Lipinski definition) is 3. The Kier molecular flexibility index (Phi) is 2.85. The molecule has 88 valence electrons. The van der Waals surface area contributed by atoms with E-state index in [1.807, 2.05) is 0 Å². The molecule has 5 nitrogen and oxygen atoms in total. The molecular formula is C11H17N3O2. The van der Waals surface area contributed by atoms with Gasteiger partial charge in [0.05, 0.1) is 0 Å².